The lowest BCUT2D eigenvalue weighted by Crippen LogP contribution is -2.48. The van der Waals surface area contributed by atoms with Crippen molar-refractivity contribution in [2.75, 3.05) is 6.61 Å². The van der Waals surface area contributed by atoms with Crippen LogP contribution in [0.4, 0.5) is 0 Å². The topological polar surface area (TPSA) is 118 Å². The second-order valence-corrected chi connectivity index (χ2v) is 3.00. The number of hydrogen-bond acceptors (Lipinski definition) is 6. The number of hydrogen-bond donors (Lipinski definition) is 5. The Balaban J connectivity index is 4.30. The van der Waals surface area contributed by atoms with Crippen molar-refractivity contribution >= 4 is 5.78 Å². The van der Waals surface area contributed by atoms with Gasteiger partial charge in [0.25, 0.3) is 0 Å². The van der Waals surface area contributed by atoms with Gasteiger partial charge >= 0.3 is 0 Å². The van der Waals surface area contributed by atoms with Crippen LogP contribution in [0.15, 0.2) is 0 Å². The Bertz CT molecular complexity index is 183. The number of rotatable bonds is 6. The van der Waals surface area contributed by atoms with Gasteiger partial charge in [-0.25, -0.2) is 0 Å². The standard InChI is InChI=1S/C8H16O6/c1-2-4(10)6(12)8(14)7(13)5(11)3-9/h5-9,11-14H,2-3H2,1H3/t5-,6-,7-,8-/m1/s1. The molecule has 0 bridgehead atoms. The van der Waals surface area contributed by atoms with E-state index in [9.17, 15) is 9.90 Å². The number of carbonyl (C=O) groups excluding carboxylic acids is 1. The van der Waals surface area contributed by atoms with E-state index < -0.39 is 36.8 Å². The molecule has 6 nitrogen and oxygen atoms in total. The van der Waals surface area contributed by atoms with Gasteiger partial charge in [0.05, 0.1) is 6.61 Å². The number of carbonyl (C=O) groups is 1. The first kappa shape index (κ1) is 13.5. The van der Waals surface area contributed by atoms with Crippen LogP contribution in [0.3, 0.4) is 0 Å². The number of aliphatic hydroxyl groups is 5. The summed E-state index contributed by atoms with van der Waals surface area (Å²) >= 11 is 0. The Morgan fingerprint density at radius 3 is 2.00 bits per heavy atom. The van der Waals surface area contributed by atoms with Crippen LogP contribution in [0, 0.1) is 0 Å². The summed E-state index contributed by atoms with van der Waals surface area (Å²) < 4.78 is 0. The molecule has 5 N–H and O–H groups in total. The van der Waals surface area contributed by atoms with Gasteiger partial charge < -0.3 is 25.5 Å². The molecule has 0 saturated heterocycles. The van der Waals surface area contributed by atoms with E-state index in [0.29, 0.717) is 0 Å². The second kappa shape index (κ2) is 6.05. The molecular weight excluding hydrogens is 192 g/mol. The highest BCUT2D eigenvalue weighted by Gasteiger charge is 2.32. The molecule has 0 fully saturated rings. The zero-order valence-corrected chi connectivity index (χ0v) is 7.87. The molecule has 0 aliphatic heterocycles. The van der Waals surface area contributed by atoms with Crippen molar-refractivity contribution in [3.05, 3.63) is 0 Å². The van der Waals surface area contributed by atoms with Crippen LogP contribution in [-0.2, 0) is 4.79 Å². The van der Waals surface area contributed by atoms with Crippen molar-refractivity contribution in [3.8, 4) is 0 Å². The smallest absolute Gasteiger partial charge is 0.163 e. The summed E-state index contributed by atoms with van der Waals surface area (Å²) in [6, 6.07) is 0. The lowest BCUT2D eigenvalue weighted by Gasteiger charge is -2.24. The zero-order chi connectivity index (χ0) is 11.3. The molecule has 0 rings (SSSR count). The molecule has 0 aromatic carbocycles. The van der Waals surface area contributed by atoms with Crippen LogP contribution in [0.1, 0.15) is 13.3 Å². The van der Waals surface area contributed by atoms with Crippen LogP contribution >= 0.6 is 0 Å². The van der Waals surface area contributed by atoms with E-state index in [0.717, 1.165) is 0 Å². The van der Waals surface area contributed by atoms with Gasteiger partial charge in [-0.15, -0.1) is 0 Å². The van der Waals surface area contributed by atoms with Gasteiger partial charge in [-0.1, -0.05) is 6.92 Å². The molecule has 6 heteroatoms. The first-order valence-electron chi connectivity index (χ1n) is 4.31. The van der Waals surface area contributed by atoms with Crippen LogP contribution in [-0.4, -0.2) is 62.3 Å². The Hall–Kier alpha value is -0.530. The lowest BCUT2D eigenvalue weighted by atomic mass is 9.99. The predicted octanol–water partition coefficient (Wildman–Crippen LogP) is -2.60. The highest BCUT2D eigenvalue weighted by atomic mass is 16.4. The van der Waals surface area contributed by atoms with Crippen LogP contribution < -0.4 is 0 Å². The zero-order valence-electron chi connectivity index (χ0n) is 7.87. The predicted molar refractivity (Wildman–Crippen MR) is 46.4 cm³/mol. The number of Topliss-reactive ketones (excluding diaryl/α,β-unsaturated/α-hetero) is 1. The minimum Gasteiger partial charge on any atom is -0.394 e. The minimum absolute atomic E-state index is 0.0141. The highest BCUT2D eigenvalue weighted by Crippen LogP contribution is 2.07. The van der Waals surface area contributed by atoms with Gasteiger partial charge in [-0.05, 0) is 0 Å². The molecular formula is C8H16O6. The molecule has 0 aromatic rings. The third-order valence-electron chi connectivity index (χ3n) is 1.93. The van der Waals surface area contributed by atoms with Crippen molar-refractivity contribution in [2.24, 2.45) is 0 Å². The van der Waals surface area contributed by atoms with Crippen molar-refractivity contribution < 1.29 is 30.3 Å². The molecule has 4 atom stereocenters. The molecule has 0 aliphatic carbocycles. The third kappa shape index (κ3) is 3.32. The molecule has 0 unspecified atom stereocenters. The van der Waals surface area contributed by atoms with E-state index >= 15 is 0 Å². The normalized spacial score (nSPS) is 19.9. The van der Waals surface area contributed by atoms with Gasteiger partial charge in [-0.3, -0.25) is 4.79 Å². The van der Waals surface area contributed by atoms with E-state index in [1.165, 1.54) is 6.92 Å². The van der Waals surface area contributed by atoms with Crippen molar-refractivity contribution in [3.63, 3.8) is 0 Å². The largest absolute Gasteiger partial charge is 0.394 e. The fraction of sp³-hybridized carbons (Fsp3) is 0.875. The molecule has 84 valence electrons. The summed E-state index contributed by atoms with van der Waals surface area (Å²) in [4.78, 5) is 10.9. The van der Waals surface area contributed by atoms with Gasteiger partial charge in [-0.2, -0.15) is 0 Å². The SMILES string of the molecule is CCC(=O)[C@@H](O)[C@@H](O)[C@H](O)[C@H](O)CO. The Morgan fingerprint density at radius 1 is 1.14 bits per heavy atom. The van der Waals surface area contributed by atoms with E-state index in [-0.39, 0.29) is 6.42 Å². The number of aliphatic hydroxyl groups excluding tert-OH is 5. The van der Waals surface area contributed by atoms with Gasteiger partial charge in [0.15, 0.2) is 5.78 Å². The average Bonchev–Trinajstić information content (AvgIpc) is 2.23. The van der Waals surface area contributed by atoms with Crippen molar-refractivity contribution in [1.82, 2.24) is 0 Å². The average molecular weight is 208 g/mol. The maximum atomic E-state index is 10.9. The molecule has 0 aliphatic rings. The van der Waals surface area contributed by atoms with E-state index in [4.69, 9.17) is 20.4 Å². The van der Waals surface area contributed by atoms with Crippen molar-refractivity contribution in [1.29, 1.82) is 0 Å². The summed E-state index contributed by atoms with van der Waals surface area (Å²) in [5, 5.41) is 44.8. The summed E-state index contributed by atoms with van der Waals surface area (Å²) in [7, 11) is 0. The minimum atomic E-state index is -1.79. The number of ketones is 1. The summed E-state index contributed by atoms with van der Waals surface area (Å²) in [6.07, 6.45) is -6.84. The van der Waals surface area contributed by atoms with Gasteiger partial charge in [0.2, 0.25) is 0 Å². The molecule has 0 amide bonds. The Labute approximate surface area is 81.4 Å². The molecule has 14 heavy (non-hydrogen) atoms. The van der Waals surface area contributed by atoms with Crippen LogP contribution in [0.25, 0.3) is 0 Å². The maximum absolute atomic E-state index is 10.9. The van der Waals surface area contributed by atoms with Gasteiger partial charge in [0, 0.05) is 6.42 Å². The monoisotopic (exact) mass is 208 g/mol. The van der Waals surface area contributed by atoms with Crippen LogP contribution in [0.5, 0.6) is 0 Å². The molecule has 0 radical (unpaired) electrons. The Morgan fingerprint density at radius 2 is 1.64 bits per heavy atom. The lowest BCUT2D eigenvalue weighted by molar-refractivity contribution is -0.146. The Kier molecular flexibility index (Phi) is 5.82. The molecule has 0 saturated carbocycles. The van der Waals surface area contributed by atoms with E-state index in [1.54, 1.807) is 0 Å². The van der Waals surface area contributed by atoms with Crippen molar-refractivity contribution in [2.45, 2.75) is 37.8 Å². The highest BCUT2D eigenvalue weighted by molar-refractivity contribution is 5.83. The first-order valence-corrected chi connectivity index (χ1v) is 4.31. The van der Waals surface area contributed by atoms with E-state index in [2.05, 4.69) is 0 Å². The fourth-order valence-electron chi connectivity index (χ4n) is 0.922. The summed E-state index contributed by atoms with van der Waals surface area (Å²) in [5.41, 5.74) is 0. The van der Waals surface area contributed by atoms with E-state index in [1.807, 2.05) is 0 Å². The maximum Gasteiger partial charge on any atom is 0.163 e. The fourth-order valence-corrected chi connectivity index (χ4v) is 0.922. The molecule has 0 aromatic heterocycles. The third-order valence-corrected chi connectivity index (χ3v) is 1.93. The van der Waals surface area contributed by atoms with Crippen LogP contribution in [0.2, 0.25) is 0 Å². The van der Waals surface area contributed by atoms with Gasteiger partial charge in [0.1, 0.15) is 24.4 Å². The second-order valence-electron chi connectivity index (χ2n) is 3.00. The molecule has 0 heterocycles. The molecule has 0 spiro atoms. The summed E-state index contributed by atoms with van der Waals surface area (Å²) in [5.74, 6) is -0.637. The first-order chi connectivity index (χ1) is 6.45. The summed E-state index contributed by atoms with van der Waals surface area (Å²) in [6.45, 7) is 0.735. The quantitative estimate of drug-likeness (QED) is 0.327.